The molecule has 0 amide bonds. The number of carbonyl (C=O) groups excluding carboxylic acids is 1. The molecule has 1 aromatic carbocycles. The number of hydrogen-bond donors (Lipinski definition) is 2. The zero-order chi connectivity index (χ0) is 30.8. The van der Waals surface area contributed by atoms with Gasteiger partial charge in [-0.3, -0.25) is 9.36 Å². The molecule has 1 fully saturated rings. The van der Waals surface area contributed by atoms with Crippen molar-refractivity contribution in [3.63, 3.8) is 0 Å². The number of nitrogen functional groups attached to an aromatic ring is 1. The molecule has 236 valence electrons. The van der Waals surface area contributed by atoms with Gasteiger partial charge in [-0.05, 0) is 89.4 Å². The van der Waals surface area contributed by atoms with Gasteiger partial charge in [0, 0.05) is 12.6 Å². The first kappa shape index (κ1) is 32.3. The van der Waals surface area contributed by atoms with Gasteiger partial charge in [0.15, 0.2) is 11.5 Å². The molecule has 0 bridgehead atoms. The molecule has 0 spiro atoms. The minimum Gasteiger partial charge on any atom is -0.492 e. The Bertz CT molecular complexity index is 1380. The van der Waals surface area contributed by atoms with Crippen LogP contribution in [0.1, 0.15) is 57.6 Å². The third-order valence-corrected chi connectivity index (χ3v) is 8.26. The van der Waals surface area contributed by atoms with Crippen molar-refractivity contribution in [1.82, 2.24) is 29.3 Å². The highest BCUT2D eigenvalue weighted by molar-refractivity contribution is 5.82. The van der Waals surface area contributed by atoms with E-state index >= 15 is 0 Å². The van der Waals surface area contributed by atoms with Crippen molar-refractivity contribution in [2.24, 2.45) is 5.92 Å². The topological polar surface area (TPSA) is 141 Å². The first-order chi connectivity index (χ1) is 20.8. The van der Waals surface area contributed by atoms with E-state index in [9.17, 15) is 9.59 Å². The molecule has 1 unspecified atom stereocenters. The summed E-state index contributed by atoms with van der Waals surface area (Å²) in [6.07, 6.45) is 5.25. The van der Waals surface area contributed by atoms with Crippen LogP contribution in [0, 0.1) is 5.92 Å². The number of H-pyrrole nitrogens is 1. The Morgan fingerprint density at radius 1 is 1.16 bits per heavy atom. The smallest absolute Gasteiger partial charge is 0.328 e. The van der Waals surface area contributed by atoms with Gasteiger partial charge < -0.3 is 34.7 Å². The van der Waals surface area contributed by atoms with Crippen LogP contribution in [0.15, 0.2) is 29.1 Å². The van der Waals surface area contributed by atoms with Gasteiger partial charge in [-0.2, -0.15) is 9.97 Å². The molecule has 3 aromatic rings. The number of likely N-dealkylation sites (N-methyl/N-ethyl adjacent to an activating group) is 1. The lowest BCUT2D eigenvalue weighted by molar-refractivity contribution is -0.139. The van der Waals surface area contributed by atoms with Crippen LogP contribution in [0.4, 0.5) is 5.82 Å². The summed E-state index contributed by atoms with van der Waals surface area (Å²) in [5.41, 5.74) is 7.79. The number of rotatable bonds is 16. The van der Waals surface area contributed by atoms with E-state index < -0.39 is 0 Å². The molecule has 0 saturated carbocycles. The van der Waals surface area contributed by atoms with Crippen LogP contribution < -0.4 is 20.9 Å². The maximum absolute atomic E-state index is 12.9. The SMILES string of the molecule is CCCCOc1nc(N)c2[nH]c(=O)n(C(C)C3CCN(CCCN(C)CCOc4cccc(CC(=O)OC)c4)CC3)c2n1. The molecule has 3 heterocycles. The Morgan fingerprint density at radius 2 is 1.95 bits per heavy atom. The molecule has 1 aliphatic rings. The van der Waals surface area contributed by atoms with Crippen LogP contribution in [0.5, 0.6) is 11.8 Å². The number of aromatic amines is 1. The molecular weight excluding hydrogens is 550 g/mol. The number of imidazole rings is 1. The van der Waals surface area contributed by atoms with Crippen LogP contribution in [0.25, 0.3) is 11.2 Å². The van der Waals surface area contributed by atoms with Gasteiger partial charge in [-0.1, -0.05) is 25.5 Å². The van der Waals surface area contributed by atoms with Crippen LogP contribution in [0.2, 0.25) is 0 Å². The summed E-state index contributed by atoms with van der Waals surface area (Å²) in [6, 6.07) is 7.78. The highest BCUT2D eigenvalue weighted by Crippen LogP contribution is 2.30. The molecule has 1 atom stereocenters. The maximum Gasteiger partial charge on any atom is 0.328 e. The second kappa shape index (κ2) is 15.7. The normalized spacial score (nSPS) is 15.2. The van der Waals surface area contributed by atoms with Crippen molar-refractivity contribution in [3.8, 4) is 11.8 Å². The standard InChI is InChI=1S/C31H47N7O5/c1-5-6-18-43-30-34-28(32)27-29(35-30)38(31(40)33-27)22(2)24-11-15-37(16-12-24)14-8-13-36(3)17-19-42-25-10-7-9-23(20-25)21-26(39)41-4/h7,9-10,20,22,24H,5-6,8,11-19,21H2,1-4H3,(H,33,40)(H2,32,34,35). The zero-order valence-corrected chi connectivity index (χ0v) is 26.0. The van der Waals surface area contributed by atoms with E-state index in [1.165, 1.54) is 7.11 Å². The number of carbonyl (C=O) groups is 1. The third-order valence-electron chi connectivity index (χ3n) is 8.26. The number of aromatic nitrogens is 4. The number of benzene rings is 1. The quantitative estimate of drug-likeness (QED) is 0.187. The molecular formula is C31H47N7O5. The predicted molar refractivity (Wildman–Crippen MR) is 167 cm³/mol. The second-order valence-corrected chi connectivity index (χ2v) is 11.4. The lowest BCUT2D eigenvalue weighted by Crippen LogP contribution is -2.39. The average Bonchev–Trinajstić information content (AvgIpc) is 3.33. The molecule has 4 rings (SSSR count). The summed E-state index contributed by atoms with van der Waals surface area (Å²) in [7, 11) is 3.50. The van der Waals surface area contributed by atoms with Gasteiger partial charge in [0.2, 0.25) is 0 Å². The van der Waals surface area contributed by atoms with Crippen LogP contribution in [-0.4, -0.2) is 95.4 Å². The summed E-state index contributed by atoms with van der Waals surface area (Å²) in [4.78, 5) is 40.9. The van der Waals surface area contributed by atoms with Gasteiger partial charge in [0.25, 0.3) is 0 Å². The fraction of sp³-hybridized carbons (Fsp3) is 0.613. The Morgan fingerprint density at radius 3 is 2.70 bits per heavy atom. The number of likely N-dealkylation sites (tertiary alicyclic amines) is 1. The van der Waals surface area contributed by atoms with E-state index in [1.54, 1.807) is 4.57 Å². The number of methoxy groups -OCH3 is 1. The summed E-state index contributed by atoms with van der Waals surface area (Å²) >= 11 is 0. The average molecular weight is 598 g/mol. The van der Waals surface area contributed by atoms with E-state index in [1.807, 2.05) is 24.3 Å². The number of piperidine rings is 1. The van der Waals surface area contributed by atoms with Crippen molar-refractivity contribution in [2.45, 2.75) is 58.4 Å². The summed E-state index contributed by atoms with van der Waals surface area (Å²) < 4.78 is 18.1. The maximum atomic E-state index is 12.9. The number of hydrogen-bond acceptors (Lipinski definition) is 10. The number of nitrogens with zero attached hydrogens (tertiary/aromatic N) is 5. The first-order valence-corrected chi connectivity index (χ1v) is 15.4. The van der Waals surface area contributed by atoms with E-state index in [-0.39, 0.29) is 36.0 Å². The summed E-state index contributed by atoms with van der Waals surface area (Å²) in [6.45, 7) is 10.1. The lowest BCUT2D eigenvalue weighted by atomic mass is 9.90. The summed E-state index contributed by atoms with van der Waals surface area (Å²) in [5, 5.41) is 0. The van der Waals surface area contributed by atoms with Gasteiger partial charge >= 0.3 is 17.7 Å². The van der Waals surface area contributed by atoms with Gasteiger partial charge in [-0.25, -0.2) is 4.79 Å². The number of unbranched alkanes of at least 4 members (excludes halogenated alkanes) is 1. The number of anilines is 1. The minimum atomic E-state index is -0.261. The molecule has 0 radical (unpaired) electrons. The highest BCUT2D eigenvalue weighted by Gasteiger charge is 2.28. The zero-order valence-electron chi connectivity index (χ0n) is 26.0. The van der Waals surface area contributed by atoms with E-state index in [4.69, 9.17) is 19.9 Å². The second-order valence-electron chi connectivity index (χ2n) is 11.4. The molecule has 1 saturated heterocycles. The molecule has 1 aliphatic heterocycles. The van der Waals surface area contributed by atoms with E-state index in [0.29, 0.717) is 30.3 Å². The number of nitrogens with two attached hydrogens (primary N) is 1. The molecule has 12 heteroatoms. The van der Waals surface area contributed by atoms with Crippen molar-refractivity contribution in [2.75, 3.05) is 65.8 Å². The number of esters is 1. The highest BCUT2D eigenvalue weighted by atomic mass is 16.5. The Labute approximate surface area is 253 Å². The van der Waals surface area contributed by atoms with Gasteiger partial charge in [-0.15, -0.1) is 0 Å². The van der Waals surface area contributed by atoms with Gasteiger partial charge in [0.1, 0.15) is 17.9 Å². The Kier molecular flexibility index (Phi) is 11.8. The van der Waals surface area contributed by atoms with E-state index in [0.717, 1.165) is 76.1 Å². The number of fused-ring (bicyclic) bond motifs is 1. The Balaban J connectivity index is 1.19. The fourth-order valence-electron chi connectivity index (χ4n) is 5.60. The summed E-state index contributed by atoms with van der Waals surface area (Å²) in [5.74, 6) is 1.09. The molecule has 0 aliphatic carbocycles. The van der Waals surface area contributed by atoms with Crippen LogP contribution >= 0.6 is 0 Å². The Hall–Kier alpha value is -3.64. The lowest BCUT2D eigenvalue weighted by Gasteiger charge is -2.35. The van der Waals surface area contributed by atoms with Crippen molar-refractivity contribution in [3.05, 3.63) is 40.3 Å². The molecule has 2 aromatic heterocycles. The van der Waals surface area contributed by atoms with Gasteiger partial charge in [0.05, 0.1) is 20.1 Å². The third kappa shape index (κ3) is 8.93. The van der Waals surface area contributed by atoms with Crippen LogP contribution in [0.3, 0.4) is 0 Å². The van der Waals surface area contributed by atoms with Crippen molar-refractivity contribution in [1.29, 1.82) is 0 Å². The van der Waals surface area contributed by atoms with Crippen molar-refractivity contribution >= 4 is 23.0 Å². The van der Waals surface area contributed by atoms with E-state index in [2.05, 4.69) is 45.6 Å². The number of ether oxygens (including phenoxy) is 3. The molecule has 12 nitrogen and oxygen atoms in total. The minimum absolute atomic E-state index is 0.0199. The first-order valence-electron chi connectivity index (χ1n) is 15.4. The number of nitrogens with one attached hydrogen (secondary N) is 1. The van der Waals surface area contributed by atoms with Crippen LogP contribution in [-0.2, 0) is 16.0 Å². The monoisotopic (exact) mass is 597 g/mol. The molecule has 43 heavy (non-hydrogen) atoms. The fourth-order valence-corrected chi connectivity index (χ4v) is 5.60. The molecule has 3 N–H and O–H groups in total. The largest absolute Gasteiger partial charge is 0.492 e. The predicted octanol–water partition coefficient (Wildman–Crippen LogP) is 3.27. The van der Waals surface area contributed by atoms with Crippen molar-refractivity contribution < 1.29 is 19.0 Å².